The van der Waals surface area contributed by atoms with E-state index in [1.54, 1.807) is 58.2 Å². The van der Waals surface area contributed by atoms with E-state index < -0.39 is 12.0 Å². The summed E-state index contributed by atoms with van der Waals surface area (Å²) in [5, 5.41) is 0. The van der Waals surface area contributed by atoms with E-state index in [1.807, 2.05) is 18.2 Å². The Morgan fingerprint density at radius 2 is 1.95 bits per heavy atom. The zero-order valence-electron chi connectivity index (χ0n) is 21.8. The Kier molecular flexibility index (Phi) is 8.03. The molecule has 1 aliphatic rings. The summed E-state index contributed by atoms with van der Waals surface area (Å²) in [4.78, 5) is 32.4. The summed E-state index contributed by atoms with van der Waals surface area (Å²) in [6.07, 6.45) is 6.73. The van der Waals surface area contributed by atoms with Crippen LogP contribution in [0.2, 0.25) is 0 Å². The number of benzene rings is 2. The number of para-hydroxylation sites is 1. The first-order valence-electron chi connectivity index (χ1n) is 11.9. The maximum atomic E-state index is 13.9. The van der Waals surface area contributed by atoms with Gasteiger partial charge < -0.3 is 18.9 Å². The third-order valence-corrected chi connectivity index (χ3v) is 6.82. The molecule has 3 aromatic rings. The molecule has 1 unspecified atom stereocenters. The topological polar surface area (TPSA) is 88.3 Å². The van der Waals surface area contributed by atoms with E-state index in [1.165, 1.54) is 23.0 Å². The lowest BCUT2D eigenvalue weighted by Crippen LogP contribution is -2.40. The molecular formula is C29H28N2O6S. The number of nitrogens with zero attached hydrogens (tertiary/aromatic N) is 2. The number of fused-ring (bicyclic) bond motifs is 1. The van der Waals surface area contributed by atoms with Crippen molar-refractivity contribution < 1.29 is 23.7 Å². The molecule has 1 atom stereocenters. The van der Waals surface area contributed by atoms with Gasteiger partial charge in [-0.15, -0.1) is 6.42 Å². The highest BCUT2D eigenvalue weighted by Crippen LogP contribution is 2.38. The summed E-state index contributed by atoms with van der Waals surface area (Å²) in [5.74, 6) is 3.49. The van der Waals surface area contributed by atoms with E-state index in [0.29, 0.717) is 43.4 Å². The third kappa shape index (κ3) is 5.22. The Hall–Kier alpha value is -4.29. The summed E-state index contributed by atoms with van der Waals surface area (Å²) in [6, 6.07) is 11.7. The van der Waals surface area contributed by atoms with Crippen LogP contribution in [0.4, 0.5) is 0 Å². The minimum absolute atomic E-state index is 0.0995. The number of methoxy groups -OCH3 is 2. The summed E-state index contributed by atoms with van der Waals surface area (Å²) in [7, 11) is 3.08. The monoisotopic (exact) mass is 532 g/mol. The molecule has 1 aliphatic heterocycles. The molecule has 38 heavy (non-hydrogen) atoms. The van der Waals surface area contributed by atoms with Gasteiger partial charge in [0, 0.05) is 11.1 Å². The van der Waals surface area contributed by atoms with Crippen LogP contribution in [-0.2, 0) is 9.53 Å². The fourth-order valence-electron chi connectivity index (χ4n) is 4.20. The van der Waals surface area contributed by atoms with Crippen molar-refractivity contribution in [2.75, 3.05) is 20.8 Å². The molecule has 0 N–H and O–H groups in total. The molecule has 2 aromatic carbocycles. The van der Waals surface area contributed by atoms with Crippen molar-refractivity contribution in [2.45, 2.75) is 32.9 Å². The van der Waals surface area contributed by atoms with Gasteiger partial charge in [0.05, 0.1) is 36.1 Å². The Balaban J connectivity index is 1.99. The number of ether oxygens (including phenoxy) is 4. The quantitative estimate of drug-likeness (QED) is 0.327. The summed E-state index contributed by atoms with van der Waals surface area (Å²) >= 11 is 1.22. The average Bonchev–Trinajstić information content (AvgIpc) is 3.20. The average molecular weight is 533 g/mol. The predicted octanol–water partition coefficient (Wildman–Crippen LogP) is 3.22. The molecule has 0 fully saturated rings. The second kappa shape index (κ2) is 11.4. The Morgan fingerprint density at radius 3 is 2.63 bits per heavy atom. The molecule has 0 bridgehead atoms. The number of carbonyl (C=O) groups excluding carboxylic acids is 1. The van der Waals surface area contributed by atoms with E-state index in [-0.39, 0.29) is 23.8 Å². The number of thiazole rings is 1. The maximum Gasteiger partial charge on any atom is 0.338 e. The van der Waals surface area contributed by atoms with Crippen molar-refractivity contribution >= 4 is 23.4 Å². The highest BCUT2D eigenvalue weighted by molar-refractivity contribution is 7.07. The molecule has 0 saturated heterocycles. The van der Waals surface area contributed by atoms with Gasteiger partial charge >= 0.3 is 5.97 Å². The standard InChI is InChI=1S/C29H28N2O6S/c1-7-14-36-22-11-9-8-10-19(22)15-24-27(32)31-26(21-16-20(34-5)12-13-23(21)35-6)25(28(33)37-17(2)3)18(4)30-29(31)38-24/h1,8-13,15-17,26H,14H2,2-6H3/b24-15-. The van der Waals surface area contributed by atoms with Gasteiger partial charge in [-0.05, 0) is 51.1 Å². The molecule has 9 heteroatoms. The van der Waals surface area contributed by atoms with Gasteiger partial charge in [-0.25, -0.2) is 9.79 Å². The van der Waals surface area contributed by atoms with Crippen LogP contribution in [0.25, 0.3) is 6.08 Å². The van der Waals surface area contributed by atoms with Gasteiger partial charge in [0.1, 0.15) is 29.9 Å². The largest absolute Gasteiger partial charge is 0.497 e. The zero-order valence-corrected chi connectivity index (χ0v) is 22.6. The van der Waals surface area contributed by atoms with Crippen molar-refractivity contribution in [2.24, 2.45) is 4.99 Å². The van der Waals surface area contributed by atoms with Gasteiger partial charge in [0.2, 0.25) is 0 Å². The van der Waals surface area contributed by atoms with E-state index in [4.69, 9.17) is 25.4 Å². The minimum atomic E-state index is -0.849. The van der Waals surface area contributed by atoms with Crippen molar-refractivity contribution in [3.8, 4) is 29.6 Å². The molecule has 196 valence electrons. The van der Waals surface area contributed by atoms with Gasteiger partial charge in [0.25, 0.3) is 5.56 Å². The first kappa shape index (κ1) is 26.8. The molecule has 0 aliphatic carbocycles. The van der Waals surface area contributed by atoms with Crippen LogP contribution in [0.5, 0.6) is 17.2 Å². The van der Waals surface area contributed by atoms with Gasteiger partial charge in [-0.1, -0.05) is 35.5 Å². The van der Waals surface area contributed by atoms with Gasteiger partial charge in [-0.2, -0.15) is 0 Å². The van der Waals surface area contributed by atoms with Crippen molar-refractivity contribution in [1.29, 1.82) is 0 Å². The third-order valence-electron chi connectivity index (χ3n) is 5.83. The Morgan fingerprint density at radius 1 is 1.18 bits per heavy atom. The van der Waals surface area contributed by atoms with Crippen LogP contribution < -0.4 is 29.1 Å². The lowest BCUT2D eigenvalue weighted by atomic mass is 9.94. The highest BCUT2D eigenvalue weighted by Gasteiger charge is 2.35. The van der Waals surface area contributed by atoms with Crippen LogP contribution in [0.3, 0.4) is 0 Å². The molecule has 0 spiro atoms. The van der Waals surface area contributed by atoms with Crippen molar-refractivity contribution in [3.05, 3.63) is 84.5 Å². The number of hydrogen-bond donors (Lipinski definition) is 0. The first-order chi connectivity index (χ1) is 18.3. The van der Waals surface area contributed by atoms with Crippen LogP contribution in [-0.4, -0.2) is 37.5 Å². The van der Waals surface area contributed by atoms with Gasteiger partial charge in [-0.3, -0.25) is 9.36 Å². The Labute approximate surface area is 224 Å². The fraction of sp³-hybridized carbons (Fsp3) is 0.276. The van der Waals surface area contributed by atoms with Gasteiger partial charge in [0.15, 0.2) is 4.80 Å². The highest BCUT2D eigenvalue weighted by atomic mass is 32.1. The second-order valence-corrected chi connectivity index (χ2v) is 9.68. The molecular weight excluding hydrogens is 504 g/mol. The molecule has 2 heterocycles. The number of terminal acetylenes is 1. The zero-order chi connectivity index (χ0) is 27.4. The number of hydrogen-bond acceptors (Lipinski definition) is 8. The number of rotatable bonds is 8. The first-order valence-corrected chi connectivity index (χ1v) is 12.7. The minimum Gasteiger partial charge on any atom is -0.497 e. The lowest BCUT2D eigenvalue weighted by Gasteiger charge is -2.26. The number of carbonyl (C=O) groups is 1. The number of aromatic nitrogens is 1. The van der Waals surface area contributed by atoms with Crippen molar-refractivity contribution in [3.63, 3.8) is 0 Å². The Bertz CT molecular complexity index is 1620. The number of allylic oxidation sites excluding steroid dienone is 1. The molecule has 0 amide bonds. The molecule has 8 nitrogen and oxygen atoms in total. The smallest absolute Gasteiger partial charge is 0.338 e. The van der Waals surface area contributed by atoms with E-state index >= 15 is 0 Å². The van der Waals surface area contributed by atoms with Crippen LogP contribution >= 0.6 is 11.3 Å². The summed E-state index contributed by atoms with van der Waals surface area (Å²) < 4.78 is 24.2. The van der Waals surface area contributed by atoms with E-state index in [0.717, 1.165) is 0 Å². The summed E-state index contributed by atoms with van der Waals surface area (Å²) in [6.45, 7) is 5.37. The molecule has 0 radical (unpaired) electrons. The molecule has 4 rings (SSSR count). The van der Waals surface area contributed by atoms with Crippen molar-refractivity contribution in [1.82, 2.24) is 4.57 Å². The normalized spacial score (nSPS) is 15.0. The fourth-order valence-corrected chi connectivity index (χ4v) is 5.24. The molecule has 0 saturated carbocycles. The van der Waals surface area contributed by atoms with Crippen LogP contribution in [0.1, 0.15) is 37.9 Å². The van der Waals surface area contributed by atoms with Crippen LogP contribution in [0, 0.1) is 12.3 Å². The second-order valence-electron chi connectivity index (χ2n) is 8.67. The molecule has 1 aromatic heterocycles. The van der Waals surface area contributed by atoms with E-state index in [2.05, 4.69) is 10.9 Å². The lowest BCUT2D eigenvalue weighted by molar-refractivity contribution is -0.143. The predicted molar refractivity (Wildman–Crippen MR) is 145 cm³/mol. The van der Waals surface area contributed by atoms with E-state index in [9.17, 15) is 9.59 Å². The SMILES string of the molecule is C#CCOc1ccccc1/C=c1\sc2n(c1=O)C(c1cc(OC)ccc1OC)C(C(=O)OC(C)C)=C(C)N=2. The number of esters is 1. The maximum absolute atomic E-state index is 13.9. The van der Waals surface area contributed by atoms with Crippen LogP contribution in [0.15, 0.2) is 63.5 Å². The summed E-state index contributed by atoms with van der Waals surface area (Å²) in [5.41, 5.74) is 1.65.